The third-order valence-electron chi connectivity index (χ3n) is 3.20. The van der Waals surface area contributed by atoms with E-state index in [1.165, 1.54) is 0 Å². The number of nitrogens with one attached hydrogen (secondary N) is 1. The molecule has 19 heavy (non-hydrogen) atoms. The SMILES string of the molecule is Cc1cccc(O[C@H](C)C(=O)NC[C@@H]2CCCO2)c1. The number of hydrogen-bond donors (Lipinski definition) is 1. The van der Waals surface area contributed by atoms with Gasteiger partial charge >= 0.3 is 0 Å². The number of rotatable bonds is 5. The zero-order valence-corrected chi connectivity index (χ0v) is 11.5. The maximum absolute atomic E-state index is 11.9. The van der Waals surface area contributed by atoms with Gasteiger partial charge in [0.1, 0.15) is 5.75 Å². The molecule has 1 saturated heterocycles. The number of carbonyl (C=O) groups excluding carboxylic acids is 1. The average molecular weight is 263 g/mol. The zero-order valence-electron chi connectivity index (χ0n) is 11.5. The van der Waals surface area contributed by atoms with Crippen LogP contribution in [0, 0.1) is 6.92 Å². The molecular formula is C15H21NO3. The van der Waals surface area contributed by atoms with Crippen molar-refractivity contribution in [3.8, 4) is 5.75 Å². The quantitative estimate of drug-likeness (QED) is 0.884. The van der Waals surface area contributed by atoms with Gasteiger partial charge in [0.15, 0.2) is 6.10 Å². The molecule has 1 N–H and O–H groups in total. The topological polar surface area (TPSA) is 47.6 Å². The Bertz CT molecular complexity index is 427. The third-order valence-corrected chi connectivity index (χ3v) is 3.20. The molecule has 1 fully saturated rings. The molecule has 0 spiro atoms. The molecule has 4 heteroatoms. The van der Waals surface area contributed by atoms with Crippen LogP contribution in [-0.2, 0) is 9.53 Å². The molecule has 1 aromatic rings. The second-order valence-electron chi connectivity index (χ2n) is 4.96. The first kappa shape index (κ1) is 13.9. The first-order chi connectivity index (χ1) is 9.15. The highest BCUT2D eigenvalue weighted by Gasteiger charge is 2.19. The van der Waals surface area contributed by atoms with E-state index in [0.29, 0.717) is 6.54 Å². The molecule has 0 aromatic heterocycles. The van der Waals surface area contributed by atoms with Gasteiger partial charge in [-0.25, -0.2) is 0 Å². The fraction of sp³-hybridized carbons (Fsp3) is 0.533. The molecule has 4 nitrogen and oxygen atoms in total. The summed E-state index contributed by atoms with van der Waals surface area (Å²) in [6, 6.07) is 7.69. The predicted molar refractivity (Wildman–Crippen MR) is 73.3 cm³/mol. The first-order valence-electron chi connectivity index (χ1n) is 6.78. The summed E-state index contributed by atoms with van der Waals surface area (Å²) in [6.45, 7) is 5.12. The number of amides is 1. The van der Waals surface area contributed by atoms with Crippen molar-refractivity contribution < 1.29 is 14.3 Å². The van der Waals surface area contributed by atoms with E-state index < -0.39 is 6.10 Å². The highest BCUT2D eigenvalue weighted by Crippen LogP contribution is 2.14. The summed E-state index contributed by atoms with van der Waals surface area (Å²) in [5.74, 6) is 0.622. The maximum Gasteiger partial charge on any atom is 0.260 e. The Kier molecular flexibility index (Phi) is 4.80. The van der Waals surface area contributed by atoms with Crippen molar-refractivity contribution in [2.24, 2.45) is 0 Å². The van der Waals surface area contributed by atoms with Crippen molar-refractivity contribution in [1.29, 1.82) is 0 Å². The van der Waals surface area contributed by atoms with Crippen molar-refractivity contribution in [1.82, 2.24) is 5.32 Å². The van der Waals surface area contributed by atoms with Gasteiger partial charge in [-0.2, -0.15) is 0 Å². The number of aryl methyl sites for hydroxylation is 1. The molecule has 2 rings (SSSR count). The van der Waals surface area contributed by atoms with Crippen LogP contribution in [-0.4, -0.2) is 31.3 Å². The molecular weight excluding hydrogens is 242 g/mol. The van der Waals surface area contributed by atoms with Crippen LogP contribution in [0.15, 0.2) is 24.3 Å². The van der Waals surface area contributed by atoms with E-state index in [1.807, 2.05) is 31.2 Å². The molecule has 0 radical (unpaired) electrons. The monoisotopic (exact) mass is 263 g/mol. The number of hydrogen-bond acceptors (Lipinski definition) is 3. The smallest absolute Gasteiger partial charge is 0.260 e. The van der Waals surface area contributed by atoms with Gasteiger partial charge in [0, 0.05) is 13.2 Å². The summed E-state index contributed by atoms with van der Waals surface area (Å²) in [4.78, 5) is 11.9. The van der Waals surface area contributed by atoms with Crippen LogP contribution in [0.2, 0.25) is 0 Å². The Balaban J connectivity index is 1.78. The highest BCUT2D eigenvalue weighted by atomic mass is 16.5. The second-order valence-corrected chi connectivity index (χ2v) is 4.96. The minimum atomic E-state index is -0.497. The predicted octanol–water partition coefficient (Wildman–Crippen LogP) is 2.06. The van der Waals surface area contributed by atoms with E-state index in [-0.39, 0.29) is 12.0 Å². The van der Waals surface area contributed by atoms with Crippen molar-refractivity contribution >= 4 is 5.91 Å². The Morgan fingerprint density at radius 1 is 1.58 bits per heavy atom. The summed E-state index contributed by atoms with van der Waals surface area (Å²) < 4.78 is 11.1. The minimum absolute atomic E-state index is 0.1000. The van der Waals surface area contributed by atoms with Gasteiger partial charge in [-0.05, 0) is 44.4 Å². The van der Waals surface area contributed by atoms with Gasteiger partial charge in [0.2, 0.25) is 0 Å². The van der Waals surface area contributed by atoms with E-state index in [0.717, 1.165) is 30.8 Å². The van der Waals surface area contributed by atoms with Crippen molar-refractivity contribution in [2.45, 2.75) is 38.9 Å². The minimum Gasteiger partial charge on any atom is -0.481 e. The van der Waals surface area contributed by atoms with E-state index >= 15 is 0 Å². The largest absolute Gasteiger partial charge is 0.481 e. The maximum atomic E-state index is 11.9. The van der Waals surface area contributed by atoms with E-state index in [1.54, 1.807) is 6.92 Å². The highest BCUT2D eigenvalue weighted by molar-refractivity contribution is 5.80. The Morgan fingerprint density at radius 2 is 2.42 bits per heavy atom. The lowest BCUT2D eigenvalue weighted by atomic mass is 10.2. The van der Waals surface area contributed by atoms with Crippen LogP contribution in [0.4, 0.5) is 0 Å². The van der Waals surface area contributed by atoms with Crippen molar-refractivity contribution in [2.75, 3.05) is 13.2 Å². The Hall–Kier alpha value is -1.55. The van der Waals surface area contributed by atoms with Crippen LogP contribution in [0.1, 0.15) is 25.3 Å². The van der Waals surface area contributed by atoms with E-state index in [2.05, 4.69) is 5.32 Å². The van der Waals surface area contributed by atoms with Crippen LogP contribution >= 0.6 is 0 Å². The van der Waals surface area contributed by atoms with Crippen LogP contribution in [0.3, 0.4) is 0 Å². The fourth-order valence-corrected chi connectivity index (χ4v) is 2.11. The summed E-state index contributed by atoms with van der Waals surface area (Å²) >= 11 is 0. The third kappa shape index (κ3) is 4.24. The molecule has 2 atom stereocenters. The van der Waals surface area contributed by atoms with Crippen LogP contribution in [0.25, 0.3) is 0 Å². The summed E-state index contributed by atoms with van der Waals surface area (Å²) in [6.07, 6.45) is 1.77. The van der Waals surface area contributed by atoms with E-state index in [4.69, 9.17) is 9.47 Å². The first-order valence-corrected chi connectivity index (χ1v) is 6.78. The average Bonchev–Trinajstić information content (AvgIpc) is 2.89. The molecule has 0 unspecified atom stereocenters. The Labute approximate surface area is 114 Å². The number of benzene rings is 1. The summed E-state index contributed by atoms with van der Waals surface area (Å²) in [5, 5.41) is 2.87. The summed E-state index contributed by atoms with van der Waals surface area (Å²) in [7, 11) is 0. The molecule has 1 aromatic carbocycles. The van der Waals surface area contributed by atoms with Gasteiger partial charge in [-0.1, -0.05) is 12.1 Å². The second kappa shape index (κ2) is 6.57. The fourth-order valence-electron chi connectivity index (χ4n) is 2.11. The molecule has 0 aliphatic carbocycles. The Morgan fingerprint density at radius 3 is 3.11 bits per heavy atom. The molecule has 0 saturated carbocycles. The van der Waals surface area contributed by atoms with Gasteiger partial charge in [-0.3, -0.25) is 4.79 Å². The molecule has 1 aliphatic rings. The van der Waals surface area contributed by atoms with Crippen molar-refractivity contribution in [3.63, 3.8) is 0 Å². The van der Waals surface area contributed by atoms with Crippen LogP contribution < -0.4 is 10.1 Å². The number of carbonyl (C=O) groups is 1. The van der Waals surface area contributed by atoms with E-state index in [9.17, 15) is 4.79 Å². The lowest BCUT2D eigenvalue weighted by molar-refractivity contribution is -0.127. The lowest BCUT2D eigenvalue weighted by Crippen LogP contribution is -2.40. The number of ether oxygens (including phenoxy) is 2. The van der Waals surface area contributed by atoms with Gasteiger partial charge < -0.3 is 14.8 Å². The molecule has 0 bridgehead atoms. The standard InChI is InChI=1S/C15H21NO3/c1-11-5-3-6-13(9-11)19-12(2)15(17)16-10-14-7-4-8-18-14/h3,5-6,9,12,14H,4,7-8,10H2,1-2H3,(H,16,17)/t12-,14+/m1/s1. The molecule has 1 amide bonds. The zero-order chi connectivity index (χ0) is 13.7. The molecule has 1 heterocycles. The van der Waals surface area contributed by atoms with Gasteiger partial charge in [0.05, 0.1) is 6.10 Å². The van der Waals surface area contributed by atoms with Gasteiger partial charge in [0.25, 0.3) is 5.91 Å². The summed E-state index contributed by atoms with van der Waals surface area (Å²) in [5.41, 5.74) is 1.12. The van der Waals surface area contributed by atoms with Crippen molar-refractivity contribution in [3.05, 3.63) is 29.8 Å². The van der Waals surface area contributed by atoms with Crippen LogP contribution in [0.5, 0.6) is 5.75 Å². The normalized spacial score (nSPS) is 20.0. The van der Waals surface area contributed by atoms with Gasteiger partial charge in [-0.15, -0.1) is 0 Å². The molecule has 104 valence electrons. The molecule has 1 aliphatic heterocycles. The lowest BCUT2D eigenvalue weighted by Gasteiger charge is -2.16.